The highest BCUT2D eigenvalue weighted by atomic mass is 32.2. The van der Waals surface area contributed by atoms with Gasteiger partial charge in [-0.2, -0.15) is 9.41 Å². The maximum Gasteiger partial charge on any atom is 0.244 e. The number of benzene rings is 1. The Balaban J connectivity index is 1.64. The molecule has 1 aliphatic heterocycles. The van der Waals surface area contributed by atoms with Crippen LogP contribution < -0.4 is 5.43 Å². The van der Waals surface area contributed by atoms with E-state index in [1.807, 2.05) is 6.92 Å². The summed E-state index contributed by atoms with van der Waals surface area (Å²) in [4.78, 5) is 12.8. The van der Waals surface area contributed by atoms with Crippen molar-refractivity contribution in [1.29, 1.82) is 0 Å². The molecular formula is C20H29N3O3S. The summed E-state index contributed by atoms with van der Waals surface area (Å²) in [5.74, 6) is 0.0769. The van der Waals surface area contributed by atoms with Crippen molar-refractivity contribution in [3.05, 3.63) is 29.8 Å². The Morgan fingerprint density at radius 3 is 2.63 bits per heavy atom. The van der Waals surface area contributed by atoms with Crippen LogP contribution in [0.5, 0.6) is 0 Å². The maximum absolute atomic E-state index is 12.9. The van der Waals surface area contributed by atoms with Gasteiger partial charge in [-0.1, -0.05) is 24.6 Å². The van der Waals surface area contributed by atoms with Gasteiger partial charge >= 0.3 is 0 Å². The molecule has 1 N–H and O–H groups in total. The highest BCUT2D eigenvalue weighted by molar-refractivity contribution is 7.89. The van der Waals surface area contributed by atoms with Crippen LogP contribution in [-0.2, 0) is 14.8 Å². The number of rotatable bonds is 4. The van der Waals surface area contributed by atoms with E-state index in [0.717, 1.165) is 30.5 Å². The number of hydrogen-bond donors (Lipinski definition) is 1. The molecule has 148 valence electrons. The van der Waals surface area contributed by atoms with Crippen LogP contribution >= 0.6 is 0 Å². The second kappa shape index (κ2) is 8.52. The van der Waals surface area contributed by atoms with Crippen molar-refractivity contribution in [3.8, 4) is 0 Å². The molecule has 0 radical (unpaired) electrons. The zero-order chi connectivity index (χ0) is 19.4. The summed E-state index contributed by atoms with van der Waals surface area (Å²) in [7, 11) is -3.57. The molecule has 6 nitrogen and oxygen atoms in total. The van der Waals surface area contributed by atoms with E-state index < -0.39 is 10.0 Å². The van der Waals surface area contributed by atoms with Crippen LogP contribution in [0.2, 0.25) is 0 Å². The first-order chi connectivity index (χ1) is 12.9. The van der Waals surface area contributed by atoms with Crippen LogP contribution in [0.25, 0.3) is 0 Å². The van der Waals surface area contributed by atoms with E-state index in [-0.39, 0.29) is 23.3 Å². The summed E-state index contributed by atoms with van der Waals surface area (Å²) in [5.41, 5.74) is 4.75. The molecule has 1 amide bonds. The van der Waals surface area contributed by atoms with Crippen LogP contribution in [0.15, 0.2) is 34.3 Å². The first kappa shape index (κ1) is 20.0. The number of hydrogen-bond acceptors (Lipinski definition) is 4. The number of nitrogens with one attached hydrogen (secondary N) is 1. The number of nitrogens with zero attached hydrogens (tertiary/aromatic N) is 2. The number of hydrazone groups is 1. The van der Waals surface area contributed by atoms with Crippen molar-refractivity contribution >= 4 is 21.6 Å². The number of sulfonamides is 1. The Kier molecular flexibility index (Phi) is 6.32. The number of amides is 1. The summed E-state index contributed by atoms with van der Waals surface area (Å²) < 4.78 is 27.2. The molecule has 0 unspecified atom stereocenters. The number of carbonyl (C=O) groups is 1. The van der Waals surface area contributed by atoms with Gasteiger partial charge in [0, 0.05) is 18.8 Å². The minimum atomic E-state index is -3.57. The quantitative estimate of drug-likeness (QED) is 0.801. The largest absolute Gasteiger partial charge is 0.273 e. The van der Waals surface area contributed by atoms with E-state index in [2.05, 4.69) is 17.5 Å². The highest BCUT2D eigenvalue weighted by Crippen LogP contribution is 2.25. The zero-order valence-corrected chi connectivity index (χ0v) is 17.0. The monoisotopic (exact) mass is 391 g/mol. The fourth-order valence-electron chi connectivity index (χ4n) is 3.82. The summed E-state index contributed by atoms with van der Waals surface area (Å²) in [5, 5.41) is 4.31. The third-order valence-corrected chi connectivity index (χ3v) is 7.36. The van der Waals surface area contributed by atoms with Crippen molar-refractivity contribution in [2.75, 3.05) is 13.1 Å². The summed E-state index contributed by atoms with van der Waals surface area (Å²) >= 11 is 0. The number of aryl methyl sites for hydroxylation is 1. The third-order valence-electron chi connectivity index (χ3n) is 5.48. The predicted octanol–water partition coefficient (Wildman–Crippen LogP) is 3.08. The van der Waals surface area contributed by atoms with Crippen LogP contribution in [-0.4, -0.2) is 37.4 Å². The minimum Gasteiger partial charge on any atom is -0.273 e. The Bertz CT molecular complexity index is 802. The van der Waals surface area contributed by atoms with E-state index in [1.54, 1.807) is 24.3 Å². The van der Waals surface area contributed by atoms with Gasteiger partial charge in [0.1, 0.15) is 0 Å². The zero-order valence-electron chi connectivity index (χ0n) is 16.1. The molecule has 0 bridgehead atoms. The van der Waals surface area contributed by atoms with Crippen LogP contribution in [0, 0.1) is 18.8 Å². The van der Waals surface area contributed by atoms with Gasteiger partial charge < -0.3 is 0 Å². The predicted molar refractivity (Wildman–Crippen MR) is 106 cm³/mol. The van der Waals surface area contributed by atoms with Gasteiger partial charge in [0.2, 0.25) is 15.9 Å². The Labute approximate surface area is 162 Å². The van der Waals surface area contributed by atoms with Crippen molar-refractivity contribution in [2.24, 2.45) is 16.9 Å². The van der Waals surface area contributed by atoms with Crippen LogP contribution in [0.1, 0.15) is 51.0 Å². The Hall–Kier alpha value is -1.73. The van der Waals surface area contributed by atoms with E-state index in [4.69, 9.17) is 0 Å². The molecule has 0 aromatic heterocycles. The molecule has 1 aromatic carbocycles. The van der Waals surface area contributed by atoms with Crippen molar-refractivity contribution < 1.29 is 13.2 Å². The molecule has 2 fully saturated rings. The maximum atomic E-state index is 12.9. The molecule has 27 heavy (non-hydrogen) atoms. The second-order valence-corrected chi connectivity index (χ2v) is 9.81. The summed E-state index contributed by atoms with van der Waals surface area (Å²) in [6, 6.07) is 6.85. The fourth-order valence-corrected chi connectivity index (χ4v) is 5.35. The molecule has 7 heteroatoms. The van der Waals surface area contributed by atoms with E-state index >= 15 is 0 Å². The van der Waals surface area contributed by atoms with Gasteiger partial charge in [0.25, 0.3) is 0 Å². The standard InChI is InChI=1S/C20H29N3O3S/c1-15-8-10-19(11-9-15)27(25,26)23-12-4-6-17(14-23)20(24)22-21-18-7-3-5-16(2)13-18/h8-11,16-17H,3-7,12-14H2,1-2H3,(H,22,24)/b21-18-/t16-,17+/m0/s1. The van der Waals surface area contributed by atoms with Gasteiger partial charge in [-0.25, -0.2) is 13.8 Å². The lowest BCUT2D eigenvalue weighted by molar-refractivity contribution is -0.126. The normalized spacial score (nSPS) is 26.1. The molecule has 1 heterocycles. The lowest BCUT2D eigenvalue weighted by Crippen LogP contribution is -2.44. The molecule has 1 saturated carbocycles. The fraction of sp³-hybridized carbons (Fsp3) is 0.600. The Morgan fingerprint density at radius 2 is 1.93 bits per heavy atom. The highest BCUT2D eigenvalue weighted by Gasteiger charge is 2.33. The summed E-state index contributed by atoms with van der Waals surface area (Å²) in [6.07, 6.45) is 5.55. The average Bonchev–Trinajstić information content (AvgIpc) is 2.66. The molecule has 0 spiro atoms. The smallest absolute Gasteiger partial charge is 0.244 e. The van der Waals surface area contributed by atoms with Crippen LogP contribution in [0.4, 0.5) is 0 Å². The van der Waals surface area contributed by atoms with Crippen molar-refractivity contribution in [3.63, 3.8) is 0 Å². The van der Waals surface area contributed by atoms with Gasteiger partial charge in [-0.05, 0) is 63.5 Å². The molecule has 1 saturated heterocycles. The third kappa shape index (κ3) is 4.96. The number of piperidine rings is 1. The SMILES string of the molecule is Cc1ccc(S(=O)(=O)N2CCC[C@@H](C(=O)N/N=C3/CCC[C@H](C)C3)C2)cc1. The molecule has 1 aromatic rings. The molecule has 1 aliphatic carbocycles. The Morgan fingerprint density at radius 1 is 1.19 bits per heavy atom. The molecule has 2 aliphatic rings. The lowest BCUT2D eigenvalue weighted by atomic mass is 9.89. The van der Waals surface area contributed by atoms with Gasteiger partial charge in [0.05, 0.1) is 10.8 Å². The molecular weight excluding hydrogens is 362 g/mol. The topological polar surface area (TPSA) is 78.8 Å². The minimum absolute atomic E-state index is 0.176. The number of carbonyl (C=O) groups excluding carboxylic acids is 1. The van der Waals surface area contributed by atoms with E-state index in [0.29, 0.717) is 25.3 Å². The van der Waals surface area contributed by atoms with Crippen molar-refractivity contribution in [1.82, 2.24) is 9.73 Å². The van der Waals surface area contributed by atoms with Crippen LogP contribution in [0.3, 0.4) is 0 Å². The van der Waals surface area contributed by atoms with Gasteiger partial charge in [-0.3, -0.25) is 4.79 Å². The molecule has 2 atom stereocenters. The first-order valence-corrected chi connectivity index (χ1v) is 11.2. The lowest BCUT2D eigenvalue weighted by Gasteiger charge is -2.31. The van der Waals surface area contributed by atoms with Crippen molar-refractivity contribution in [2.45, 2.75) is 57.3 Å². The van der Waals surface area contributed by atoms with Gasteiger partial charge in [0.15, 0.2) is 0 Å². The van der Waals surface area contributed by atoms with E-state index in [9.17, 15) is 13.2 Å². The van der Waals surface area contributed by atoms with E-state index in [1.165, 1.54) is 10.7 Å². The summed E-state index contributed by atoms with van der Waals surface area (Å²) in [6.45, 7) is 4.78. The van der Waals surface area contributed by atoms with Gasteiger partial charge in [-0.15, -0.1) is 0 Å². The molecule has 3 rings (SSSR count). The average molecular weight is 392 g/mol. The first-order valence-electron chi connectivity index (χ1n) is 9.78. The second-order valence-electron chi connectivity index (χ2n) is 7.87.